The van der Waals surface area contributed by atoms with Crippen LogP contribution in [0.3, 0.4) is 0 Å². The molecule has 0 spiro atoms. The summed E-state index contributed by atoms with van der Waals surface area (Å²) in [4.78, 5) is 18.6. The van der Waals surface area contributed by atoms with E-state index in [-0.39, 0.29) is 23.7 Å². The van der Waals surface area contributed by atoms with Crippen molar-refractivity contribution in [3.05, 3.63) is 16.3 Å². The summed E-state index contributed by atoms with van der Waals surface area (Å²) >= 11 is 0. The van der Waals surface area contributed by atoms with Crippen LogP contribution in [0.1, 0.15) is 26.7 Å². The Hall–Kier alpha value is -1.96. The van der Waals surface area contributed by atoms with E-state index in [2.05, 4.69) is 20.6 Å². The first-order valence-corrected chi connectivity index (χ1v) is 6.77. The van der Waals surface area contributed by atoms with Gasteiger partial charge >= 0.3 is 5.69 Å². The van der Waals surface area contributed by atoms with Crippen LogP contribution in [0.5, 0.6) is 0 Å². The lowest BCUT2D eigenvalue weighted by Crippen LogP contribution is -2.41. The second-order valence-corrected chi connectivity index (χ2v) is 4.60. The maximum Gasteiger partial charge on any atom is 0.329 e. The molecule has 1 aliphatic rings. The summed E-state index contributed by atoms with van der Waals surface area (Å²) in [6, 6.07) is 0.162. The summed E-state index contributed by atoms with van der Waals surface area (Å²) in [5.41, 5.74) is -0.105. The molecule has 0 unspecified atom stereocenters. The van der Waals surface area contributed by atoms with Gasteiger partial charge in [0, 0.05) is 19.2 Å². The molecule has 8 nitrogen and oxygen atoms in total. The first kappa shape index (κ1) is 14.4. The minimum atomic E-state index is -0.475. The van der Waals surface area contributed by atoms with Gasteiger partial charge in [0.1, 0.15) is 6.20 Å². The molecule has 0 saturated heterocycles. The number of nitro groups is 1. The van der Waals surface area contributed by atoms with Gasteiger partial charge in [0.15, 0.2) is 0 Å². The fourth-order valence-electron chi connectivity index (χ4n) is 2.11. The molecule has 20 heavy (non-hydrogen) atoms. The monoisotopic (exact) mass is 281 g/mol. The molecule has 0 atom stereocenters. The van der Waals surface area contributed by atoms with Gasteiger partial charge in [-0.2, -0.15) is 4.98 Å². The van der Waals surface area contributed by atoms with Gasteiger partial charge in [-0.3, -0.25) is 10.1 Å². The van der Waals surface area contributed by atoms with E-state index in [4.69, 9.17) is 4.74 Å². The Bertz CT molecular complexity index is 476. The van der Waals surface area contributed by atoms with E-state index in [1.54, 1.807) is 0 Å². The topological polar surface area (TPSA) is 102 Å². The summed E-state index contributed by atoms with van der Waals surface area (Å²) in [6.45, 7) is 5.22. The van der Waals surface area contributed by atoms with Gasteiger partial charge in [-0.1, -0.05) is 0 Å². The van der Waals surface area contributed by atoms with Gasteiger partial charge in [-0.25, -0.2) is 4.98 Å². The molecule has 2 rings (SSSR count). The van der Waals surface area contributed by atoms with E-state index in [0.717, 1.165) is 12.8 Å². The zero-order chi connectivity index (χ0) is 14.5. The standard InChI is InChI=1S/C12H19N5O3/c1-3-13-12-14-7-10(17(18)19)11(16-12)15-8-5-9(6-8)20-4-2/h7-9H,3-6H2,1-2H3,(H2,13,14,15,16). The zero-order valence-electron chi connectivity index (χ0n) is 11.6. The quantitative estimate of drug-likeness (QED) is 0.580. The number of nitrogens with one attached hydrogen (secondary N) is 2. The van der Waals surface area contributed by atoms with Crippen molar-refractivity contribution < 1.29 is 9.66 Å². The molecule has 1 saturated carbocycles. The lowest BCUT2D eigenvalue weighted by atomic mass is 9.89. The van der Waals surface area contributed by atoms with E-state index < -0.39 is 4.92 Å². The molecule has 0 aromatic carbocycles. The van der Waals surface area contributed by atoms with Crippen molar-refractivity contribution in [2.45, 2.75) is 38.8 Å². The third-order valence-electron chi connectivity index (χ3n) is 3.14. The lowest BCUT2D eigenvalue weighted by molar-refractivity contribution is -0.384. The van der Waals surface area contributed by atoms with Gasteiger partial charge in [0.25, 0.3) is 0 Å². The Kier molecular flexibility index (Phi) is 4.67. The predicted octanol–water partition coefficient (Wildman–Crippen LogP) is 1.80. The molecular formula is C12H19N5O3. The predicted molar refractivity (Wildman–Crippen MR) is 74.9 cm³/mol. The number of anilines is 2. The number of aromatic nitrogens is 2. The third-order valence-corrected chi connectivity index (χ3v) is 3.14. The van der Waals surface area contributed by atoms with Crippen molar-refractivity contribution in [3.8, 4) is 0 Å². The van der Waals surface area contributed by atoms with Gasteiger partial charge in [-0.15, -0.1) is 0 Å². The SMILES string of the molecule is CCNc1ncc([N+](=O)[O-])c(NC2CC(OCC)C2)n1. The fourth-order valence-corrected chi connectivity index (χ4v) is 2.11. The van der Waals surface area contributed by atoms with Crippen molar-refractivity contribution in [3.63, 3.8) is 0 Å². The fraction of sp³-hybridized carbons (Fsp3) is 0.667. The molecule has 0 bridgehead atoms. The highest BCUT2D eigenvalue weighted by Crippen LogP contribution is 2.30. The molecule has 2 N–H and O–H groups in total. The van der Waals surface area contributed by atoms with Crippen molar-refractivity contribution in [2.24, 2.45) is 0 Å². The van der Waals surface area contributed by atoms with Crippen LogP contribution in [0, 0.1) is 10.1 Å². The van der Waals surface area contributed by atoms with Crippen LogP contribution in [0.15, 0.2) is 6.20 Å². The summed E-state index contributed by atoms with van der Waals surface area (Å²) in [5, 5.41) is 17.0. The number of nitrogens with zero attached hydrogens (tertiary/aromatic N) is 3. The summed E-state index contributed by atoms with van der Waals surface area (Å²) in [5.74, 6) is 0.655. The highest BCUT2D eigenvalue weighted by molar-refractivity contribution is 5.57. The lowest BCUT2D eigenvalue weighted by Gasteiger charge is -2.35. The highest BCUT2D eigenvalue weighted by atomic mass is 16.6. The minimum absolute atomic E-state index is 0.105. The molecule has 1 heterocycles. The Morgan fingerprint density at radius 3 is 2.85 bits per heavy atom. The van der Waals surface area contributed by atoms with Crippen LogP contribution >= 0.6 is 0 Å². The molecule has 0 radical (unpaired) electrons. The van der Waals surface area contributed by atoms with Crippen molar-refractivity contribution in [1.82, 2.24) is 9.97 Å². The van der Waals surface area contributed by atoms with Crippen LogP contribution in [-0.4, -0.2) is 40.2 Å². The van der Waals surface area contributed by atoms with E-state index in [0.29, 0.717) is 19.1 Å². The molecule has 1 aromatic heterocycles. The van der Waals surface area contributed by atoms with E-state index in [1.807, 2.05) is 13.8 Å². The molecule has 8 heteroatoms. The average Bonchev–Trinajstić information content (AvgIpc) is 2.36. The second kappa shape index (κ2) is 6.47. The second-order valence-electron chi connectivity index (χ2n) is 4.60. The van der Waals surface area contributed by atoms with Crippen molar-refractivity contribution in [2.75, 3.05) is 23.8 Å². The van der Waals surface area contributed by atoms with Gasteiger partial charge in [0.2, 0.25) is 11.8 Å². The Morgan fingerprint density at radius 1 is 1.50 bits per heavy atom. The highest BCUT2D eigenvalue weighted by Gasteiger charge is 2.31. The van der Waals surface area contributed by atoms with E-state index in [9.17, 15) is 10.1 Å². The summed E-state index contributed by atoms with van der Waals surface area (Å²) < 4.78 is 5.47. The average molecular weight is 281 g/mol. The van der Waals surface area contributed by atoms with Gasteiger partial charge in [0.05, 0.1) is 11.0 Å². The summed E-state index contributed by atoms with van der Waals surface area (Å²) in [6.07, 6.45) is 3.15. The van der Waals surface area contributed by atoms with Crippen LogP contribution in [-0.2, 0) is 4.74 Å². The molecule has 110 valence electrons. The molecule has 1 fully saturated rings. The smallest absolute Gasteiger partial charge is 0.329 e. The normalized spacial score (nSPS) is 21.1. The number of hydrogen-bond donors (Lipinski definition) is 2. The Morgan fingerprint density at radius 2 is 2.25 bits per heavy atom. The first-order valence-electron chi connectivity index (χ1n) is 6.77. The van der Waals surface area contributed by atoms with Crippen LogP contribution in [0.4, 0.5) is 17.5 Å². The van der Waals surface area contributed by atoms with Crippen molar-refractivity contribution >= 4 is 17.5 Å². The minimum Gasteiger partial charge on any atom is -0.378 e. The largest absolute Gasteiger partial charge is 0.378 e. The summed E-state index contributed by atoms with van der Waals surface area (Å²) in [7, 11) is 0. The maximum absolute atomic E-state index is 11.0. The maximum atomic E-state index is 11.0. The first-order chi connectivity index (χ1) is 9.63. The number of hydrogen-bond acceptors (Lipinski definition) is 7. The number of rotatable bonds is 7. The van der Waals surface area contributed by atoms with E-state index in [1.165, 1.54) is 6.20 Å². The molecule has 1 aliphatic carbocycles. The third kappa shape index (κ3) is 3.32. The molecule has 0 amide bonds. The molecule has 0 aliphatic heterocycles. The molecular weight excluding hydrogens is 262 g/mol. The van der Waals surface area contributed by atoms with Crippen LogP contribution in [0.25, 0.3) is 0 Å². The van der Waals surface area contributed by atoms with Gasteiger partial charge in [-0.05, 0) is 26.7 Å². The van der Waals surface area contributed by atoms with Gasteiger partial charge < -0.3 is 15.4 Å². The zero-order valence-corrected chi connectivity index (χ0v) is 11.6. The molecule has 1 aromatic rings. The Balaban J connectivity index is 2.05. The van der Waals surface area contributed by atoms with Crippen LogP contribution in [0.2, 0.25) is 0 Å². The number of ether oxygens (including phenoxy) is 1. The van der Waals surface area contributed by atoms with E-state index >= 15 is 0 Å². The van der Waals surface area contributed by atoms with Crippen LogP contribution < -0.4 is 10.6 Å². The Labute approximate surface area is 117 Å². The van der Waals surface area contributed by atoms with Crippen molar-refractivity contribution in [1.29, 1.82) is 0 Å².